The molecule has 0 N–H and O–H groups in total. The zero-order valence-corrected chi connectivity index (χ0v) is 11.3. The SMILES string of the molecule is CC(C)[Si](N=S=O)(C(C)C)C(C)C. The van der Waals surface area contributed by atoms with Gasteiger partial charge in [-0.25, -0.2) is 4.03 Å². The van der Waals surface area contributed by atoms with Crippen LogP contribution in [-0.2, 0) is 11.5 Å². The average molecular weight is 219 g/mol. The zero-order chi connectivity index (χ0) is 10.6. The minimum Gasteiger partial charge on any atom is -0.236 e. The van der Waals surface area contributed by atoms with E-state index in [9.17, 15) is 4.21 Å². The summed E-state index contributed by atoms with van der Waals surface area (Å²) in [6.45, 7) is 13.2. The first-order valence-corrected chi connectivity index (χ1v) is 7.78. The molecule has 0 aliphatic heterocycles. The highest BCUT2D eigenvalue weighted by Crippen LogP contribution is 2.41. The van der Waals surface area contributed by atoms with Crippen molar-refractivity contribution in [3.05, 3.63) is 0 Å². The fourth-order valence-corrected chi connectivity index (χ4v) is 9.43. The summed E-state index contributed by atoms with van der Waals surface area (Å²) in [6, 6.07) is 0. The summed E-state index contributed by atoms with van der Waals surface area (Å²) in [5.41, 5.74) is 1.65. The maximum atomic E-state index is 10.6. The van der Waals surface area contributed by atoms with Crippen molar-refractivity contribution < 1.29 is 4.21 Å². The second-order valence-electron chi connectivity index (χ2n) is 4.52. The average Bonchev–Trinajstić information content (AvgIpc) is 1.97. The van der Waals surface area contributed by atoms with Crippen LogP contribution in [-0.4, -0.2) is 12.4 Å². The predicted molar refractivity (Wildman–Crippen MR) is 61.6 cm³/mol. The number of hydrogen-bond donors (Lipinski definition) is 0. The molecule has 0 aromatic carbocycles. The van der Waals surface area contributed by atoms with E-state index in [1.165, 1.54) is 0 Å². The molecule has 0 rings (SSSR count). The normalized spacial score (nSPS) is 12.7. The van der Waals surface area contributed by atoms with Gasteiger partial charge < -0.3 is 0 Å². The molecule has 2 nitrogen and oxygen atoms in total. The maximum Gasteiger partial charge on any atom is 0.209 e. The molecule has 13 heavy (non-hydrogen) atoms. The summed E-state index contributed by atoms with van der Waals surface area (Å²) in [6.07, 6.45) is 0. The lowest BCUT2D eigenvalue weighted by Crippen LogP contribution is -2.42. The van der Waals surface area contributed by atoms with E-state index in [2.05, 4.69) is 45.6 Å². The Morgan fingerprint density at radius 2 is 1.23 bits per heavy atom. The first-order chi connectivity index (χ1) is 5.89. The maximum absolute atomic E-state index is 10.6. The van der Waals surface area contributed by atoms with Crippen LogP contribution >= 0.6 is 0 Å². The van der Waals surface area contributed by atoms with E-state index < -0.39 is 8.24 Å². The van der Waals surface area contributed by atoms with E-state index in [0.717, 1.165) is 0 Å². The lowest BCUT2D eigenvalue weighted by atomic mass is 10.5. The van der Waals surface area contributed by atoms with Crippen LogP contribution in [0.3, 0.4) is 0 Å². The monoisotopic (exact) mass is 219 g/mol. The van der Waals surface area contributed by atoms with E-state index in [-0.39, 0.29) is 0 Å². The smallest absolute Gasteiger partial charge is 0.209 e. The third-order valence-electron chi connectivity index (χ3n) is 2.97. The van der Waals surface area contributed by atoms with Gasteiger partial charge in [0.1, 0.15) is 0 Å². The van der Waals surface area contributed by atoms with Crippen molar-refractivity contribution in [1.82, 2.24) is 0 Å². The van der Waals surface area contributed by atoms with Crippen LogP contribution in [0.1, 0.15) is 41.5 Å². The third kappa shape index (κ3) is 2.50. The number of rotatable bonds is 4. The van der Waals surface area contributed by atoms with Gasteiger partial charge in [-0.1, -0.05) is 41.5 Å². The van der Waals surface area contributed by atoms with Gasteiger partial charge in [0.2, 0.25) is 8.24 Å². The highest BCUT2D eigenvalue weighted by Gasteiger charge is 2.44. The molecular weight excluding hydrogens is 198 g/mol. The summed E-state index contributed by atoms with van der Waals surface area (Å²) in [5, 5.41) is 0. The van der Waals surface area contributed by atoms with Crippen molar-refractivity contribution in [1.29, 1.82) is 0 Å². The number of nitrogens with zero attached hydrogens (tertiary/aromatic N) is 1. The molecule has 0 radical (unpaired) electrons. The first-order valence-electron chi connectivity index (χ1n) is 4.90. The molecule has 0 atom stereocenters. The van der Waals surface area contributed by atoms with E-state index in [1.54, 1.807) is 0 Å². The Morgan fingerprint density at radius 1 is 0.923 bits per heavy atom. The molecule has 0 amide bonds. The quantitative estimate of drug-likeness (QED) is 0.665. The molecule has 0 unspecified atom stereocenters. The van der Waals surface area contributed by atoms with Crippen molar-refractivity contribution in [3.8, 4) is 0 Å². The molecule has 0 bridgehead atoms. The minimum absolute atomic E-state index is 0.430. The van der Waals surface area contributed by atoms with Crippen LogP contribution in [0.5, 0.6) is 0 Å². The van der Waals surface area contributed by atoms with Crippen LogP contribution in [0.2, 0.25) is 16.6 Å². The van der Waals surface area contributed by atoms with Crippen LogP contribution in [0.25, 0.3) is 0 Å². The molecule has 0 saturated heterocycles. The Hall–Kier alpha value is 0.0369. The second kappa shape index (κ2) is 5.05. The Labute approximate surface area is 86.5 Å². The van der Waals surface area contributed by atoms with Crippen molar-refractivity contribution >= 4 is 19.7 Å². The van der Waals surface area contributed by atoms with E-state index in [4.69, 9.17) is 0 Å². The highest BCUT2D eigenvalue weighted by molar-refractivity contribution is 7.56. The summed E-state index contributed by atoms with van der Waals surface area (Å²) >= 11 is 0.430. The van der Waals surface area contributed by atoms with Gasteiger partial charge in [-0.05, 0) is 16.6 Å². The fraction of sp³-hybridized carbons (Fsp3) is 1.00. The molecule has 0 aliphatic rings. The van der Waals surface area contributed by atoms with Gasteiger partial charge in [-0.2, -0.15) is 4.21 Å². The Balaban J connectivity index is 5.17. The fourth-order valence-electron chi connectivity index (χ4n) is 2.38. The molecule has 0 spiro atoms. The predicted octanol–water partition coefficient (Wildman–Crippen LogP) is 3.56. The van der Waals surface area contributed by atoms with Crippen LogP contribution in [0.4, 0.5) is 0 Å². The lowest BCUT2D eigenvalue weighted by Gasteiger charge is -2.36. The van der Waals surface area contributed by atoms with Gasteiger partial charge in [0.05, 0.1) is 0 Å². The number of hydrogen-bond acceptors (Lipinski definition) is 2. The molecule has 0 aliphatic carbocycles. The lowest BCUT2D eigenvalue weighted by molar-refractivity contribution is 0.697. The summed E-state index contributed by atoms with van der Waals surface area (Å²) in [5.74, 6) is 0. The van der Waals surface area contributed by atoms with Gasteiger partial charge in [-0.3, -0.25) is 0 Å². The van der Waals surface area contributed by atoms with Gasteiger partial charge in [0.25, 0.3) is 0 Å². The topological polar surface area (TPSA) is 29.4 Å². The molecule has 0 saturated carbocycles. The Kier molecular flexibility index (Phi) is 5.07. The summed E-state index contributed by atoms with van der Waals surface area (Å²) < 4.78 is 15.0. The Bertz CT molecular complexity index is 188. The van der Waals surface area contributed by atoms with E-state index in [0.29, 0.717) is 28.1 Å². The van der Waals surface area contributed by atoms with Crippen molar-refractivity contribution in [2.45, 2.75) is 58.2 Å². The Morgan fingerprint density at radius 3 is 1.31 bits per heavy atom. The molecular formula is C9H21NOSSi. The molecule has 78 valence electrons. The summed E-state index contributed by atoms with van der Waals surface area (Å²) in [4.78, 5) is 0. The largest absolute Gasteiger partial charge is 0.236 e. The van der Waals surface area contributed by atoms with E-state index in [1.807, 2.05) is 0 Å². The zero-order valence-electron chi connectivity index (χ0n) is 9.50. The van der Waals surface area contributed by atoms with Gasteiger partial charge in [0.15, 0.2) is 11.5 Å². The van der Waals surface area contributed by atoms with Gasteiger partial charge in [0, 0.05) is 0 Å². The molecule has 0 fully saturated rings. The molecule has 0 aromatic heterocycles. The molecule has 4 heteroatoms. The summed E-state index contributed by atoms with van der Waals surface area (Å²) in [7, 11) is -1.75. The highest BCUT2D eigenvalue weighted by atomic mass is 32.1. The van der Waals surface area contributed by atoms with Crippen molar-refractivity contribution in [2.24, 2.45) is 4.03 Å². The van der Waals surface area contributed by atoms with Gasteiger partial charge in [-0.15, -0.1) is 0 Å². The first kappa shape index (κ1) is 13.0. The van der Waals surface area contributed by atoms with Crippen LogP contribution in [0, 0.1) is 0 Å². The van der Waals surface area contributed by atoms with Crippen molar-refractivity contribution in [2.75, 3.05) is 0 Å². The second-order valence-corrected chi connectivity index (χ2v) is 10.6. The van der Waals surface area contributed by atoms with Crippen LogP contribution in [0.15, 0.2) is 4.03 Å². The van der Waals surface area contributed by atoms with Crippen LogP contribution < -0.4 is 0 Å². The van der Waals surface area contributed by atoms with E-state index >= 15 is 0 Å². The molecule has 0 heterocycles. The standard InChI is InChI=1S/C9H21NOSSi/c1-7(2)13(8(3)4,9(5)6)10-12-11/h7-9H,1-6H3. The molecule has 0 aromatic rings. The minimum atomic E-state index is -1.75. The van der Waals surface area contributed by atoms with Gasteiger partial charge >= 0.3 is 0 Å². The van der Waals surface area contributed by atoms with Crippen molar-refractivity contribution in [3.63, 3.8) is 0 Å². The third-order valence-corrected chi connectivity index (χ3v) is 10.1.